The van der Waals surface area contributed by atoms with Crippen molar-refractivity contribution < 1.29 is 9.63 Å². The summed E-state index contributed by atoms with van der Waals surface area (Å²) < 4.78 is 0. The van der Waals surface area contributed by atoms with E-state index in [-0.39, 0.29) is 0 Å². The summed E-state index contributed by atoms with van der Waals surface area (Å²) in [7, 11) is 0. The van der Waals surface area contributed by atoms with E-state index in [0.29, 0.717) is 27.8 Å². The molecule has 0 N–H and O–H groups in total. The Bertz CT molecular complexity index is 869. The Labute approximate surface area is 157 Å². The van der Waals surface area contributed by atoms with Crippen molar-refractivity contribution in [3.8, 4) is 0 Å². The standard InChI is InChI=1S/C21H19ClN2O2/c22-19-9-5-4-8-17(19)20-18(21(25)26-23-20)14-24-12-10-16(11-13-24)15-6-2-1-3-7-15/h1-9,14,16H,10-13H2. The van der Waals surface area contributed by atoms with Crippen LogP contribution < -0.4 is 0 Å². The van der Waals surface area contributed by atoms with Gasteiger partial charge in [-0.1, -0.05) is 65.3 Å². The number of hydrogen-bond acceptors (Lipinski definition) is 4. The van der Waals surface area contributed by atoms with Gasteiger partial charge in [0.1, 0.15) is 11.3 Å². The van der Waals surface area contributed by atoms with E-state index in [0.717, 1.165) is 25.9 Å². The fraction of sp³-hybridized carbons (Fsp3) is 0.238. The van der Waals surface area contributed by atoms with Gasteiger partial charge in [0, 0.05) is 24.9 Å². The molecule has 4 rings (SSSR count). The van der Waals surface area contributed by atoms with Gasteiger partial charge in [-0.25, -0.2) is 4.79 Å². The number of piperidine rings is 1. The molecule has 2 aliphatic rings. The number of carbonyl (C=O) groups excluding carboxylic acids is 1. The van der Waals surface area contributed by atoms with Gasteiger partial charge in [0.2, 0.25) is 0 Å². The van der Waals surface area contributed by atoms with Crippen molar-refractivity contribution in [2.75, 3.05) is 13.1 Å². The minimum Gasteiger partial charge on any atom is -0.377 e. The van der Waals surface area contributed by atoms with Crippen molar-refractivity contribution in [1.82, 2.24) is 4.90 Å². The van der Waals surface area contributed by atoms with E-state index in [1.165, 1.54) is 5.56 Å². The first-order valence-electron chi connectivity index (χ1n) is 8.78. The van der Waals surface area contributed by atoms with E-state index in [4.69, 9.17) is 16.4 Å². The summed E-state index contributed by atoms with van der Waals surface area (Å²) in [5, 5.41) is 4.50. The molecule has 1 saturated heterocycles. The fourth-order valence-corrected chi connectivity index (χ4v) is 3.74. The van der Waals surface area contributed by atoms with Gasteiger partial charge < -0.3 is 9.74 Å². The Morgan fingerprint density at radius 1 is 1.04 bits per heavy atom. The van der Waals surface area contributed by atoms with Crippen LogP contribution in [0.25, 0.3) is 0 Å². The van der Waals surface area contributed by atoms with E-state index >= 15 is 0 Å². The van der Waals surface area contributed by atoms with Crippen LogP contribution in [0, 0.1) is 0 Å². The Morgan fingerprint density at radius 3 is 2.46 bits per heavy atom. The minimum absolute atomic E-state index is 0.426. The summed E-state index contributed by atoms with van der Waals surface area (Å²) in [5.41, 5.74) is 3.07. The smallest absolute Gasteiger partial charge is 0.369 e. The number of likely N-dealkylation sites (tertiary alicyclic amines) is 1. The van der Waals surface area contributed by atoms with Gasteiger partial charge >= 0.3 is 5.97 Å². The number of rotatable bonds is 3. The van der Waals surface area contributed by atoms with Crippen LogP contribution in [0.1, 0.15) is 29.9 Å². The van der Waals surface area contributed by atoms with Crippen molar-refractivity contribution in [1.29, 1.82) is 0 Å². The number of carbonyl (C=O) groups is 1. The Balaban J connectivity index is 1.50. The third-order valence-electron chi connectivity index (χ3n) is 4.94. The van der Waals surface area contributed by atoms with E-state index in [1.807, 2.05) is 30.5 Å². The van der Waals surface area contributed by atoms with Crippen LogP contribution in [0.5, 0.6) is 0 Å². The second-order valence-corrected chi connectivity index (χ2v) is 6.97. The second kappa shape index (κ2) is 7.34. The van der Waals surface area contributed by atoms with Crippen LogP contribution >= 0.6 is 11.6 Å². The van der Waals surface area contributed by atoms with Crippen LogP contribution in [-0.2, 0) is 9.63 Å². The normalized spacial score (nSPS) is 19.6. The highest BCUT2D eigenvalue weighted by molar-refractivity contribution is 6.38. The molecule has 0 radical (unpaired) electrons. The molecule has 4 nitrogen and oxygen atoms in total. The zero-order chi connectivity index (χ0) is 17.9. The molecule has 5 heteroatoms. The molecule has 0 aliphatic carbocycles. The predicted molar refractivity (Wildman–Crippen MR) is 102 cm³/mol. The third kappa shape index (κ3) is 3.37. The highest BCUT2D eigenvalue weighted by Gasteiger charge is 2.30. The molecule has 1 fully saturated rings. The van der Waals surface area contributed by atoms with Crippen molar-refractivity contribution >= 4 is 23.3 Å². The Kier molecular flexibility index (Phi) is 4.76. The highest BCUT2D eigenvalue weighted by atomic mass is 35.5. The van der Waals surface area contributed by atoms with Gasteiger partial charge in [0.15, 0.2) is 0 Å². The van der Waals surface area contributed by atoms with Gasteiger partial charge in [-0.2, -0.15) is 0 Å². The van der Waals surface area contributed by atoms with Gasteiger partial charge in [-0.15, -0.1) is 0 Å². The summed E-state index contributed by atoms with van der Waals surface area (Å²) in [6.45, 7) is 1.79. The van der Waals surface area contributed by atoms with Gasteiger partial charge in [0.05, 0.1) is 5.02 Å². The molecule has 2 aromatic rings. The maximum atomic E-state index is 12.2. The molecular weight excluding hydrogens is 348 g/mol. The molecule has 26 heavy (non-hydrogen) atoms. The lowest BCUT2D eigenvalue weighted by Crippen LogP contribution is -2.30. The first kappa shape index (κ1) is 16.9. The largest absolute Gasteiger partial charge is 0.377 e. The van der Waals surface area contributed by atoms with Crippen LogP contribution in [0.15, 0.2) is 71.5 Å². The Hall–Kier alpha value is -2.59. The molecule has 132 valence electrons. The quantitative estimate of drug-likeness (QED) is 0.598. The molecule has 2 aromatic carbocycles. The van der Waals surface area contributed by atoms with E-state index in [1.54, 1.807) is 6.07 Å². The summed E-state index contributed by atoms with van der Waals surface area (Å²) in [6, 6.07) is 17.9. The minimum atomic E-state index is -0.426. The zero-order valence-electron chi connectivity index (χ0n) is 14.3. The van der Waals surface area contributed by atoms with Crippen LogP contribution in [-0.4, -0.2) is 29.7 Å². The topological polar surface area (TPSA) is 41.9 Å². The summed E-state index contributed by atoms with van der Waals surface area (Å²) in [4.78, 5) is 19.2. The van der Waals surface area contributed by atoms with Crippen LogP contribution in [0.4, 0.5) is 0 Å². The average molecular weight is 367 g/mol. The van der Waals surface area contributed by atoms with E-state index < -0.39 is 5.97 Å². The molecule has 2 heterocycles. The third-order valence-corrected chi connectivity index (χ3v) is 5.27. The summed E-state index contributed by atoms with van der Waals surface area (Å²) >= 11 is 6.26. The fourth-order valence-electron chi connectivity index (χ4n) is 3.51. The average Bonchev–Trinajstić information content (AvgIpc) is 3.04. The second-order valence-electron chi connectivity index (χ2n) is 6.56. The van der Waals surface area contributed by atoms with Crippen molar-refractivity contribution in [3.63, 3.8) is 0 Å². The number of nitrogens with zero attached hydrogens (tertiary/aromatic N) is 2. The molecule has 0 amide bonds. The molecule has 0 spiro atoms. The lowest BCUT2D eigenvalue weighted by atomic mass is 9.89. The molecule has 0 atom stereocenters. The number of halogens is 1. The monoisotopic (exact) mass is 366 g/mol. The van der Waals surface area contributed by atoms with Crippen LogP contribution in [0.3, 0.4) is 0 Å². The maximum absolute atomic E-state index is 12.2. The van der Waals surface area contributed by atoms with Gasteiger partial charge in [-0.3, -0.25) is 0 Å². The number of oxime groups is 1. The first-order chi connectivity index (χ1) is 12.7. The van der Waals surface area contributed by atoms with Crippen molar-refractivity contribution in [2.24, 2.45) is 5.16 Å². The highest BCUT2D eigenvalue weighted by Crippen LogP contribution is 2.29. The van der Waals surface area contributed by atoms with Gasteiger partial charge in [0.25, 0.3) is 0 Å². The SMILES string of the molecule is O=C1ON=C(c2ccccc2Cl)C1=CN1CCC(c2ccccc2)CC1. The Morgan fingerprint density at radius 2 is 1.73 bits per heavy atom. The maximum Gasteiger partial charge on any atom is 0.369 e. The van der Waals surface area contributed by atoms with Crippen molar-refractivity contribution in [3.05, 3.63) is 82.5 Å². The van der Waals surface area contributed by atoms with Gasteiger partial charge in [-0.05, 0) is 30.4 Å². The van der Waals surface area contributed by atoms with Crippen LogP contribution in [0.2, 0.25) is 5.02 Å². The lowest BCUT2D eigenvalue weighted by Gasteiger charge is -2.31. The number of hydrogen-bond donors (Lipinski definition) is 0. The molecule has 0 saturated carbocycles. The van der Waals surface area contributed by atoms with E-state index in [2.05, 4.69) is 34.3 Å². The predicted octanol–water partition coefficient (Wildman–Crippen LogP) is 4.36. The molecule has 0 aromatic heterocycles. The zero-order valence-corrected chi connectivity index (χ0v) is 15.0. The molecular formula is C21H19ClN2O2. The van der Waals surface area contributed by atoms with E-state index in [9.17, 15) is 4.79 Å². The lowest BCUT2D eigenvalue weighted by molar-refractivity contribution is -0.136. The molecule has 2 aliphatic heterocycles. The molecule has 0 unspecified atom stereocenters. The molecule has 0 bridgehead atoms. The number of benzene rings is 2. The first-order valence-corrected chi connectivity index (χ1v) is 9.15. The summed E-state index contributed by atoms with van der Waals surface area (Å²) in [6.07, 6.45) is 3.99. The van der Waals surface area contributed by atoms with Crippen molar-refractivity contribution in [2.45, 2.75) is 18.8 Å². The summed E-state index contributed by atoms with van der Waals surface area (Å²) in [5.74, 6) is 0.142.